The van der Waals surface area contributed by atoms with Crippen LogP contribution >= 0.6 is 0 Å². The van der Waals surface area contributed by atoms with Crippen LogP contribution in [0.2, 0.25) is 0 Å². The average Bonchev–Trinajstić information content (AvgIpc) is 3.76. The summed E-state index contributed by atoms with van der Waals surface area (Å²) in [7, 11) is 0. The predicted molar refractivity (Wildman–Crippen MR) is 163 cm³/mol. The first kappa shape index (κ1) is 18.9. The van der Waals surface area contributed by atoms with Crippen molar-refractivity contribution >= 4 is 98.1 Å². The van der Waals surface area contributed by atoms with Crippen molar-refractivity contribution in [2.75, 3.05) is 0 Å². The van der Waals surface area contributed by atoms with Gasteiger partial charge in [-0.2, -0.15) is 0 Å². The van der Waals surface area contributed by atoms with Crippen LogP contribution in [0.25, 0.3) is 98.1 Å². The Morgan fingerprint density at radius 1 is 0.385 bits per heavy atom. The highest BCUT2D eigenvalue weighted by Crippen LogP contribution is 2.49. The molecule has 5 aromatic heterocycles. The Bertz CT molecular complexity index is 2820. The Balaban J connectivity index is 1.54. The van der Waals surface area contributed by atoms with Gasteiger partial charge >= 0.3 is 0 Å². The Hall–Kier alpha value is -5.28. The van der Waals surface area contributed by atoms with Gasteiger partial charge in [0.15, 0.2) is 5.58 Å². The molecule has 3 heteroatoms. The van der Waals surface area contributed by atoms with Gasteiger partial charge in [0.25, 0.3) is 0 Å². The molecule has 0 aliphatic carbocycles. The van der Waals surface area contributed by atoms with Crippen LogP contribution in [0.4, 0.5) is 0 Å². The highest BCUT2D eigenvalue weighted by atomic mass is 16.3. The minimum absolute atomic E-state index is 0.932. The molecule has 0 saturated carbocycles. The van der Waals surface area contributed by atoms with Crippen LogP contribution in [0.15, 0.2) is 114 Å². The van der Waals surface area contributed by atoms with E-state index in [0.29, 0.717) is 0 Å². The lowest BCUT2D eigenvalue weighted by Crippen LogP contribution is -1.81. The number of benzene rings is 6. The Kier molecular flexibility index (Phi) is 2.93. The van der Waals surface area contributed by atoms with Gasteiger partial charge in [-0.3, -0.25) is 0 Å². The molecular weight excluding hydrogens is 476 g/mol. The molecule has 0 atom stereocenters. The van der Waals surface area contributed by atoms with Crippen molar-refractivity contribution in [1.29, 1.82) is 0 Å². The second kappa shape index (κ2) is 6.06. The summed E-state index contributed by atoms with van der Waals surface area (Å²) < 4.78 is 11.6. The molecule has 11 rings (SSSR count). The van der Waals surface area contributed by atoms with Gasteiger partial charge in [0.1, 0.15) is 5.58 Å². The van der Waals surface area contributed by atoms with E-state index in [1.54, 1.807) is 0 Å². The Morgan fingerprint density at radius 3 is 1.90 bits per heavy atom. The molecule has 178 valence electrons. The van der Waals surface area contributed by atoms with Crippen LogP contribution in [0.3, 0.4) is 0 Å². The van der Waals surface area contributed by atoms with Crippen LogP contribution < -0.4 is 0 Å². The van der Waals surface area contributed by atoms with Crippen LogP contribution in [0.5, 0.6) is 0 Å². The van der Waals surface area contributed by atoms with E-state index in [4.69, 9.17) is 4.42 Å². The molecule has 39 heavy (non-hydrogen) atoms. The molecule has 11 aromatic rings. The zero-order valence-corrected chi connectivity index (χ0v) is 20.7. The maximum absolute atomic E-state index is 6.63. The number of fused-ring (bicyclic) bond motifs is 17. The highest BCUT2D eigenvalue weighted by Gasteiger charge is 2.26. The molecule has 0 unspecified atom stereocenters. The number of hydrogen-bond acceptors (Lipinski definition) is 1. The van der Waals surface area contributed by atoms with Gasteiger partial charge in [0, 0.05) is 53.9 Å². The lowest BCUT2D eigenvalue weighted by Gasteiger charge is -2.02. The first-order chi connectivity index (χ1) is 19.4. The van der Waals surface area contributed by atoms with Crippen LogP contribution in [0, 0.1) is 0 Å². The number of hydrogen-bond donors (Lipinski definition) is 0. The molecule has 6 aromatic carbocycles. The number of nitrogens with zero attached hydrogens (tertiary/aromatic N) is 2. The summed E-state index contributed by atoms with van der Waals surface area (Å²) in [5, 5.41) is 12.7. The fourth-order valence-corrected chi connectivity index (χ4v) is 7.73. The predicted octanol–water partition coefficient (Wildman–Crippen LogP) is 9.89. The molecule has 0 bridgehead atoms. The molecule has 0 radical (unpaired) electrons. The minimum atomic E-state index is 0.932. The van der Waals surface area contributed by atoms with Crippen LogP contribution in [-0.4, -0.2) is 8.80 Å². The smallest absolute Gasteiger partial charge is 0.160 e. The molecule has 0 saturated heterocycles. The zero-order chi connectivity index (χ0) is 25.0. The normalized spacial score (nSPS) is 13.1. The van der Waals surface area contributed by atoms with Crippen LogP contribution in [0.1, 0.15) is 0 Å². The maximum atomic E-state index is 6.63. The van der Waals surface area contributed by atoms with E-state index in [1.807, 2.05) is 0 Å². The van der Waals surface area contributed by atoms with Crippen molar-refractivity contribution in [3.8, 4) is 0 Å². The third-order valence-electron chi connectivity index (χ3n) is 9.16. The molecule has 0 amide bonds. The first-order valence-corrected chi connectivity index (χ1v) is 13.5. The lowest BCUT2D eigenvalue weighted by atomic mass is 10.0. The molecule has 0 spiro atoms. The number of aromatic nitrogens is 2. The number of para-hydroxylation sites is 4. The first-order valence-electron chi connectivity index (χ1n) is 13.5. The molecule has 0 N–H and O–H groups in total. The van der Waals surface area contributed by atoms with E-state index < -0.39 is 0 Å². The zero-order valence-electron chi connectivity index (χ0n) is 20.7. The topological polar surface area (TPSA) is 22.0 Å². The van der Waals surface area contributed by atoms with Gasteiger partial charge in [-0.1, -0.05) is 78.9 Å². The largest absolute Gasteiger partial charge is 0.454 e. The van der Waals surface area contributed by atoms with Gasteiger partial charge in [0.05, 0.1) is 33.1 Å². The SMILES string of the molecule is c1ccc2c(c1)oc1c2ccc2c3c4c5cccc6c7ccccc7n(c4cc4c7ccccc7n(c21)c43)c65. The fourth-order valence-electron chi connectivity index (χ4n) is 7.73. The standard InChI is InChI=1S/C36H18N2O/c1-4-13-27-19(8-1)22-11-7-12-24-31-29(37(27)33(22)24)18-26-20-9-2-5-14-28(20)38-34(26)32(31)25-17-16-23-21-10-3-6-15-30(21)39-36(23)35(25)38/h1-18H. The summed E-state index contributed by atoms with van der Waals surface area (Å²) in [5.74, 6) is 0. The van der Waals surface area contributed by atoms with Gasteiger partial charge in [-0.25, -0.2) is 0 Å². The average molecular weight is 495 g/mol. The molecule has 0 fully saturated rings. The monoisotopic (exact) mass is 494 g/mol. The van der Waals surface area contributed by atoms with Crippen molar-refractivity contribution in [1.82, 2.24) is 8.80 Å². The second-order valence-corrected chi connectivity index (χ2v) is 10.9. The summed E-state index contributed by atoms with van der Waals surface area (Å²) in [6.07, 6.45) is 0. The second-order valence-electron chi connectivity index (χ2n) is 10.9. The molecule has 3 nitrogen and oxygen atoms in total. The quantitative estimate of drug-likeness (QED) is 0.206. The van der Waals surface area contributed by atoms with Crippen molar-refractivity contribution in [2.24, 2.45) is 0 Å². The third kappa shape index (κ3) is 1.92. The maximum Gasteiger partial charge on any atom is 0.160 e. The fraction of sp³-hybridized carbons (Fsp3) is 0. The Labute approximate surface area is 220 Å². The summed E-state index contributed by atoms with van der Waals surface area (Å²) in [6, 6.07) is 39.8. The third-order valence-corrected chi connectivity index (χ3v) is 9.16. The van der Waals surface area contributed by atoms with E-state index in [1.165, 1.54) is 76.1 Å². The summed E-state index contributed by atoms with van der Waals surface area (Å²) in [5.41, 5.74) is 9.40. The minimum Gasteiger partial charge on any atom is -0.454 e. The van der Waals surface area contributed by atoms with Crippen molar-refractivity contribution in [2.45, 2.75) is 0 Å². The van der Waals surface area contributed by atoms with Crippen molar-refractivity contribution < 1.29 is 4.42 Å². The summed E-state index contributed by atoms with van der Waals surface area (Å²) >= 11 is 0. The van der Waals surface area contributed by atoms with E-state index in [-0.39, 0.29) is 0 Å². The van der Waals surface area contributed by atoms with Crippen molar-refractivity contribution in [3.63, 3.8) is 0 Å². The molecule has 0 aliphatic heterocycles. The van der Waals surface area contributed by atoms with Gasteiger partial charge in [0.2, 0.25) is 0 Å². The molecular formula is C36H18N2O. The van der Waals surface area contributed by atoms with Crippen LogP contribution in [-0.2, 0) is 0 Å². The lowest BCUT2D eigenvalue weighted by molar-refractivity contribution is 0.671. The van der Waals surface area contributed by atoms with Gasteiger partial charge in [-0.05, 0) is 30.3 Å². The van der Waals surface area contributed by atoms with E-state index in [9.17, 15) is 0 Å². The molecule has 5 heterocycles. The van der Waals surface area contributed by atoms with Crippen molar-refractivity contribution in [3.05, 3.63) is 109 Å². The molecule has 0 aliphatic rings. The van der Waals surface area contributed by atoms with E-state index in [0.717, 1.165) is 22.1 Å². The van der Waals surface area contributed by atoms with E-state index in [2.05, 4.69) is 118 Å². The summed E-state index contributed by atoms with van der Waals surface area (Å²) in [6.45, 7) is 0. The highest BCUT2D eigenvalue weighted by molar-refractivity contribution is 6.39. The van der Waals surface area contributed by atoms with Gasteiger partial charge in [-0.15, -0.1) is 0 Å². The summed E-state index contributed by atoms with van der Waals surface area (Å²) in [4.78, 5) is 0. The van der Waals surface area contributed by atoms with Gasteiger partial charge < -0.3 is 13.2 Å². The van der Waals surface area contributed by atoms with E-state index >= 15 is 0 Å². The number of furan rings is 1. The Morgan fingerprint density at radius 2 is 1.03 bits per heavy atom. The number of rotatable bonds is 0.